The summed E-state index contributed by atoms with van der Waals surface area (Å²) in [6.07, 6.45) is 11.7. The van der Waals surface area contributed by atoms with Crippen LogP contribution < -0.4 is 15.5 Å². The molecule has 3 aliphatic heterocycles. The van der Waals surface area contributed by atoms with Gasteiger partial charge in [0.1, 0.15) is 29.7 Å². The molecule has 17 nitrogen and oxygen atoms in total. The van der Waals surface area contributed by atoms with Gasteiger partial charge in [0, 0.05) is 62.3 Å². The van der Waals surface area contributed by atoms with E-state index in [0.29, 0.717) is 67.6 Å². The maximum atomic E-state index is 15.1. The van der Waals surface area contributed by atoms with Gasteiger partial charge in [-0.2, -0.15) is 20.4 Å². The van der Waals surface area contributed by atoms with E-state index in [0.717, 1.165) is 69.1 Å². The van der Waals surface area contributed by atoms with Crippen molar-refractivity contribution in [2.45, 2.75) is 88.4 Å². The van der Waals surface area contributed by atoms with Crippen molar-refractivity contribution in [2.75, 3.05) is 56.2 Å². The monoisotopic (exact) mass is 857 g/mol. The van der Waals surface area contributed by atoms with E-state index in [1.165, 1.54) is 29.0 Å². The molecule has 1 amide bonds. The van der Waals surface area contributed by atoms with E-state index >= 15 is 4.39 Å². The Morgan fingerprint density at radius 1 is 0.903 bits per heavy atom. The minimum absolute atomic E-state index is 0.0151. The summed E-state index contributed by atoms with van der Waals surface area (Å²) in [5, 5.41) is 44.4. The van der Waals surface area contributed by atoms with Gasteiger partial charge in [-0.1, -0.05) is 0 Å². The Balaban J connectivity index is 0.734. The molecule has 4 aliphatic rings. The van der Waals surface area contributed by atoms with Gasteiger partial charge >= 0.3 is 0 Å². The number of piperidine rings is 2. The number of aromatic nitrogens is 9. The lowest BCUT2D eigenvalue weighted by atomic mass is 9.85. The first-order chi connectivity index (χ1) is 30.1. The minimum atomic E-state index is -2.87. The van der Waals surface area contributed by atoms with Crippen LogP contribution in [-0.4, -0.2) is 123 Å². The molecular weight excluding hydrogens is 808 g/mol. The van der Waals surface area contributed by atoms with Crippen LogP contribution in [0, 0.1) is 11.7 Å². The predicted octanol–water partition coefficient (Wildman–Crippen LogP) is 4.93. The summed E-state index contributed by atoms with van der Waals surface area (Å²) in [7, 11) is 0. The van der Waals surface area contributed by atoms with Crippen molar-refractivity contribution >= 4 is 34.0 Å². The number of carbonyl (C=O) groups is 1. The summed E-state index contributed by atoms with van der Waals surface area (Å²) < 4.78 is 55.8. The Labute approximate surface area is 354 Å². The van der Waals surface area contributed by atoms with Gasteiger partial charge in [-0.25, -0.2) is 22.7 Å². The first-order valence-electron chi connectivity index (χ1n) is 21.6. The molecule has 5 aromatic heterocycles. The number of hydrogen-bond donors (Lipinski definition) is 4. The summed E-state index contributed by atoms with van der Waals surface area (Å²) in [6.45, 7) is 5.31. The molecule has 0 spiro atoms. The molecule has 328 valence electrons. The van der Waals surface area contributed by atoms with Crippen LogP contribution in [-0.2, 0) is 4.74 Å². The zero-order valence-electron chi connectivity index (χ0n) is 34.1. The van der Waals surface area contributed by atoms with Gasteiger partial charge in [0.15, 0.2) is 11.3 Å². The number of nitrogens with one attached hydrogen (secondary N) is 2. The molecule has 0 unspecified atom stereocenters. The second kappa shape index (κ2) is 17.0. The van der Waals surface area contributed by atoms with Gasteiger partial charge in [0.25, 0.3) is 12.3 Å². The summed E-state index contributed by atoms with van der Waals surface area (Å²) in [6, 6.07) is 4.46. The van der Waals surface area contributed by atoms with Crippen molar-refractivity contribution in [2.24, 2.45) is 5.92 Å². The maximum absolute atomic E-state index is 15.1. The van der Waals surface area contributed by atoms with Crippen LogP contribution in [0.1, 0.15) is 92.0 Å². The number of aliphatic hydroxyl groups excluding tert-OH is 2. The molecule has 1 aliphatic carbocycles. The predicted molar refractivity (Wildman–Crippen MR) is 221 cm³/mol. The van der Waals surface area contributed by atoms with Gasteiger partial charge in [0.2, 0.25) is 0 Å². The topological polar surface area (TPSA) is 181 Å². The third-order valence-corrected chi connectivity index (χ3v) is 13.2. The number of fused-ring (bicyclic) bond motifs is 2. The molecule has 0 bridgehead atoms. The number of ether oxygens (including phenoxy) is 1. The molecule has 1 saturated carbocycles. The number of hydrogen-bond acceptors (Lipinski definition) is 12. The van der Waals surface area contributed by atoms with Crippen molar-refractivity contribution in [3.63, 3.8) is 0 Å². The highest BCUT2D eigenvalue weighted by molar-refractivity contribution is 6.08. The van der Waals surface area contributed by atoms with Crippen LogP contribution in [0.25, 0.3) is 27.7 Å². The van der Waals surface area contributed by atoms with Crippen molar-refractivity contribution in [1.29, 1.82) is 0 Å². The lowest BCUT2D eigenvalue weighted by Gasteiger charge is -2.36. The molecular formula is C42H50F3N13O4. The van der Waals surface area contributed by atoms with E-state index < -0.39 is 42.3 Å². The molecule has 62 heavy (non-hydrogen) atoms. The first kappa shape index (κ1) is 40.6. The highest BCUT2D eigenvalue weighted by atomic mass is 19.3. The fourth-order valence-corrected chi connectivity index (χ4v) is 9.78. The van der Waals surface area contributed by atoms with Crippen molar-refractivity contribution < 1.29 is 32.9 Å². The average Bonchev–Trinajstić information content (AvgIpc) is 4.11. The Morgan fingerprint density at radius 3 is 2.47 bits per heavy atom. The van der Waals surface area contributed by atoms with Crippen molar-refractivity contribution in [1.82, 2.24) is 54.2 Å². The Bertz CT molecular complexity index is 2530. The quantitative estimate of drug-likeness (QED) is 0.146. The second-order valence-electron chi connectivity index (χ2n) is 17.0. The Morgan fingerprint density at radius 2 is 1.69 bits per heavy atom. The van der Waals surface area contributed by atoms with Crippen LogP contribution in [0.15, 0.2) is 55.4 Å². The highest BCUT2D eigenvalue weighted by Crippen LogP contribution is 2.37. The number of carbonyl (C=O) groups excluding carboxylic acids is 1. The SMILES string of the molecule is O=C(Nc1cn(C2CCC(CN3CCC(n4cc(-c5cc(F)cc6c5cnn6[C@@H]5CC[C@@H](O)N[C@@H]5O)cn4)CC3)CC2)nc1C(F)F)c1cnn2ccc(N3CCOCC3)nc12. The molecule has 10 rings (SSSR count). The van der Waals surface area contributed by atoms with Crippen molar-refractivity contribution in [3.8, 4) is 11.1 Å². The number of amides is 1. The largest absolute Gasteiger partial charge is 0.379 e. The highest BCUT2D eigenvalue weighted by Gasteiger charge is 2.32. The number of benzene rings is 1. The zero-order valence-corrected chi connectivity index (χ0v) is 34.1. The van der Waals surface area contributed by atoms with E-state index in [-0.39, 0.29) is 23.3 Å². The Kier molecular flexibility index (Phi) is 11.2. The van der Waals surface area contributed by atoms with Crippen LogP contribution in [0.3, 0.4) is 0 Å². The van der Waals surface area contributed by atoms with E-state index in [9.17, 15) is 23.8 Å². The number of alkyl halides is 2. The molecule has 3 atom stereocenters. The average molecular weight is 858 g/mol. The van der Waals surface area contributed by atoms with E-state index in [1.807, 2.05) is 16.9 Å². The Hall–Kier alpha value is -5.41. The lowest BCUT2D eigenvalue weighted by Crippen LogP contribution is -2.48. The fraction of sp³-hybridized carbons (Fsp3) is 0.524. The van der Waals surface area contributed by atoms with Gasteiger partial charge in [-0.3, -0.25) is 24.2 Å². The number of halogens is 3. The molecule has 20 heteroatoms. The summed E-state index contributed by atoms with van der Waals surface area (Å²) in [5.41, 5.74) is 2.10. The normalized spacial score (nSPS) is 24.4. The number of likely N-dealkylation sites (tertiary alicyclic amines) is 1. The summed E-state index contributed by atoms with van der Waals surface area (Å²) in [4.78, 5) is 22.7. The summed E-state index contributed by atoms with van der Waals surface area (Å²) >= 11 is 0. The molecule has 6 aromatic rings. The lowest BCUT2D eigenvalue weighted by molar-refractivity contribution is -0.0296. The van der Waals surface area contributed by atoms with Gasteiger partial charge < -0.3 is 30.1 Å². The fourth-order valence-electron chi connectivity index (χ4n) is 9.78. The molecule has 0 radical (unpaired) electrons. The minimum Gasteiger partial charge on any atom is -0.379 e. The van der Waals surface area contributed by atoms with Gasteiger partial charge in [0.05, 0.1) is 61.1 Å². The third kappa shape index (κ3) is 8.05. The van der Waals surface area contributed by atoms with Gasteiger partial charge in [-0.15, -0.1) is 0 Å². The van der Waals surface area contributed by atoms with Crippen LogP contribution in [0.4, 0.5) is 24.7 Å². The van der Waals surface area contributed by atoms with E-state index in [4.69, 9.17) is 9.84 Å². The number of rotatable bonds is 10. The molecule has 4 N–H and O–H groups in total. The van der Waals surface area contributed by atoms with Gasteiger partial charge in [-0.05, 0) is 81.0 Å². The first-order valence-corrected chi connectivity index (χ1v) is 21.6. The number of nitrogens with zero attached hydrogens (tertiary/aromatic N) is 11. The third-order valence-electron chi connectivity index (χ3n) is 13.2. The van der Waals surface area contributed by atoms with E-state index in [1.54, 1.807) is 28.0 Å². The summed E-state index contributed by atoms with van der Waals surface area (Å²) in [5.74, 6) is 0.176. The molecule has 3 saturated heterocycles. The molecule has 1 aromatic carbocycles. The number of aliphatic hydroxyl groups is 2. The zero-order chi connectivity index (χ0) is 42.5. The maximum Gasteiger partial charge on any atom is 0.284 e. The molecule has 8 heterocycles. The second-order valence-corrected chi connectivity index (χ2v) is 17.0. The number of anilines is 2. The smallest absolute Gasteiger partial charge is 0.284 e. The van der Waals surface area contributed by atoms with E-state index in [2.05, 4.69) is 40.7 Å². The van der Waals surface area contributed by atoms with Crippen LogP contribution in [0.5, 0.6) is 0 Å². The van der Waals surface area contributed by atoms with Crippen molar-refractivity contribution in [3.05, 3.63) is 72.5 Å². The van der Waals surface area contributed by atoms with Crippen LogP contribution in [0.2, 0.25) is 0 Å². The standard InChI is InChI=1S/C42H50F3N13O4/c43-27-17-30(31-20-48-58(35(31)18-27)34-5-6-37(59)51-42(34)61)26-19-46-56(23-26)29-7-10-53(11-8-29)22-25-1-3-28(4-2-25)57-24-33(38(52-57)39(44)45)49-41(60)32-21-47-55-12-9-36(50-40(32)55)54-13-15-62-16-14-54/h9,12,17-21,23-25,28-29,34,37,39,42,51,59,61H,1-8,10-11,13-16,22H2,(H,49,60)/t25?,28?,34-,37-,42-/m1/s1. The number of morpholine rings is 1. The molecule has 4 fully saturated rings. The van der Waals surface area contributed by atoms with Crippen LogP contribution >= 0.6 is 0 Å².